The number of hydrogen-bond acceptors (Lipinski definition) is 4. The molecule has 0 atom stereocenters. The summed E-state index contributed by atoms with van der Waals surface area (Å²) in [4.78, 5) is 28.6. The predicted octanol–water partition coefficient (Wildman–Crippen LogP) is 6.50. The summed E-state index contributed by atoms with van der Waals surface area (Å²) in [5.41, 5.74) is 6.87. The summed E-state index contributed by atoms with van der Waals surface area (Å²) >= 11 is 0. The first-order valence-corrected chi connectivity index (χ1v) is 13.4. The third kappa shape index (κ3) is 7.93. The maximum absolute atomic E-state index is 12.0. The summed E-state index contributed by atoms with van der Waals surface area (Å²) in [6, 6.07) is 17.9. The largest absolute Gasteiger partial charge is 0.479 e. The van der Waals surface area contributed by atoms with E-state index in [0.29, 0.717) is 43.0 Å². The highest BCUT2D eigenvalue weighted by Crippen LogP contribution is 2.28. The number of urea groups is 1. The normalized spacial score (nSPS) is 12.2. The van der Waals surface area contributed by atoms with Crippen LogP contribution in [0.15, 0.2) is 71.8 Å². The summed E-state index contributed by atoms with van der Waals surface area (Å²) < 4.78 is 7.29. The predicted molar refractivity (Wildman–Crippen MR) is 158 cm³/mol. The van der Waals surface area contributed by atoms with Crippen molar-refractivity contribution in [1.29, 1.82) is 0 Å². The van der Waals surface area contributed by atoms with E-state index in [9.17, 15) is 9.59 Å². The molecule has 39 heavy (non-hydrogen) atoms. The highest BCUT2D eigenvalue weighted by atomic mass is 16.5. The summed E-state index contributed by atoms with van der Waals surface area (Å²) in [6.45, 7) is 12.0. The molecular weight excluding hydrogens is 488 g/mol. The first-order valence-electron chi connectivity index (χ1n) is 13.4. The van der Waals surface area contributed by atoms with Crippen molar-refractivity contribution in [3.63, 3.8) is 0 Å². The van der Waals surface area contributed by atoms with Crippen LogP contribution in [-0.4, -0.2) is 42.1 Å². The second-order valence-corrected chi connectivity index (χ2v) is 10.1. The van der Waals surface area contributed by atoms with Crippen LogP contribution in [0.1, 0.15) is 62.7 Å². The lowest BCUT2D eigenvalue weighted by Crippen LogP contribution is -2.36. The molecule has 0 radical (unpaired) electrons. The zero-order chi connectivity index (χ0) is 28.4. The van der Waals surface area contributed by atoms with Crippen LogP contribution in [0.3, 0.4) is 0 Å². The van der Waals surface area contributed by atoms with Gasteiger partial charge in [0.25, 0.3) is 0 Å². The van der Waals surface area contributed by atoms with Crippen LogP contribution in [-0.2, 0) is 6.54 Å². The van der Waals surface area contributed by atoms with Gasteiger partial charge in [0.05, 0.1) is 7.11 Å². The lowest BCUT2D eigenvalue weighted by molar-refractivity contribution is 0.111. The molecule has 1 heterocycles. The van der Waals surface area contributed by atoms with Gasteiger partial charge in [-0.25, -0.2) is 4.79 Å². The van der Waals surface area contributed by atoms with Crippen molar-refractivity contribution < 1.29 is 14.3 Å². The third-order valence-electron chi connectivity index (χ3n) is 6.35. The van der Waals surface area contributed by atoms with Gasteiger partial charge in [-0.15, -0.1) is 0 Å². The standard InChI is InChI=1S/C32H40N4O3/c1-7-33-32(38)34-19-24(5)28(18-23(4)17-22(2)3)26-15-13-25(14-16-26)20-36-29(21-37)31(39-6)35-30(36)27-11-9-8-10-12-27/h8-16,18,21-22H,7,17,19-20H2,1-6H3,(H2,33,34,38)/b23-18+,28-24-. The van der Waals surface area contributed by atoms with Gasteiger partial charge in [-0.1, -0.05) is 80.1 Å². The highest BCUT2D eigenvalue weighted by molar-refractivity contribution is 5.80. The molecule has 1 aromatic heterocycles. The minimum Gasteiger partial charge on any atom is -0.479 e. The van der Waals surface area contributed by atoms with Crippen molar-refractivity contribution in [2.45, 2.75) is 47.6 Å². The fourth-order valence-electron chi connectivity index (χ4n) is 4.58. The van der Waals surface area contributed by atoms with Gasteiger partial charge in [0.1, 0.15) is 11.5 Å². The van der Waals surface area contributed by atoms with E-state index in [1.807, 2.05) is 41.8 Å². The van der Waals surface area contributed by atoms with Gasteiger partial charge in [-0.3, -0.25) is 4.79 Å². The molecule has 0 saturated heterocycles. The van der Waals surface area contributed by atoms with Gasteiger partial charge in [-0.05, 0) is 55.4 Å². The molecule has 0 unspecified atom stereocenters. The fourth-order valence-corrected chi connectivity index (χ4v) is 4.58. The van der Waals surface area contributed by atoms with Crippen LogP contribution in [0.4, 0.5) is 4.79 Å². The van der Waals surface area contributed by atoms with Crippen LogP contribution >= 0.6 is 0 Å². The summed E-state index contributed by atoms with van der Waals surface area (Å²) in [6.07, 6.45) is 4.02. The Hall–Kier alpha value is -4.13. The molecule has 0 fully saturated rings. The van der Waals surface area contributed by atoms with E-state index in [2.05, 4.69) is 73.7 Å². The van der Waals surface area contributed by atoms with Crippen molar-refractivity contribution in [2.24, 2.45) is 5.92 Å². The maximum atomic E-state index is 12.0. The van der Waals surface area contributed by atoms with Crippen molar-refractivity contribution in [3.05, 3.63) is 88.6 Å². The molecule has 0 saturated carbocycles. The molecule has 0 aliphatic carbocycles. The second-order valence-electron chi connectivity index (χ2n) is 10.1. The third-order valence-corrected chi connectivity index (χ3v) is 6.35. The number of aromatic nitrogens is 2. The fraction of sp³-hybridized carbons (Fsp3) is 0.344. The summed E-state index contributed by atoms with van der Waals surface area (Å²) in [5, 5.41) is 5.72. The maximum Gasteiger partial charge on any atom is 0.315 e. The molecule has 7 heteroatoms. The number of hydrogen-bond donors (Lipinski definition) is 2. The zero-order valence-corrected chi connectivity index (χ0v) is 23.9. The number of aldehydes is 1. The Labute approximate surface area is 232 Å². The number of rotatable bonds is 12. The number of nitrogens with one attached hydrogen (secondary N) is 2. The number of amides is 2. The van der Waals surface area contributed by atoms with Crippen LogP contribution in [0.2, 0.25) is 0 Å². The van der Waals surface area contributed by atoms with E-state index < -0.39 is 0 Å². The van der Waals surface area contributed by atoms with Gasteiger partial charge < -0.3 is 19.9 Å². The number of carbonyl (C=O) groups is 2. The minimum absolute atomic E-state index is 0.176. The van der Waals surface area contributed by atoms with Crippen LogP contribution in [0.5, 0.6) is 5.88 Å². The van der Waals surface area contributed by atoms with Crippen LogP contribution in [0, 0.1) is 5.92 Å². The Balaban J connectivity index is 1.96. The smallest absolute Gasteiger partial charge is 0.315 e. The molecule has 2 N–H and O–H groups in total. The molecule has 0 aliphatic rings. The number of ether oxygens (including phenoxy) is 1. The molecule has 7 nitrogen and oxygen atoms in total. The molecule has 0 bridgehead atoms. The Bertz CT molecular complexity index is 1320. The van der Waals surface area contributed by atoms with E-state index in [1.165, 1.54) is 12.7 Å². The molecule has 0 spiro atoms. The monoisotopic (exact) mass is 528 g/mol. The Morgan fingerprint density at radius 1 is 1.05 bits per heavy atom. The first kappa shape index (κ1) is 29.4. The van der Waals surface area contributed by atoms with Gasteiger partial charge in [0.15, 0.2) is 6.29 Å². The quantitative estimate of drug-likeness (QED) is 0.207. The van der Waals surface area contributed by atoms with E-state index in [4.69, 9.17) is 4.74 Å². The molecule has 3 rings (SSSR count). The van der Waals surface area contributed by atoms with Gasteiger partial charge in [0, 0.05) is 25.2 Å². The minimum atomic E-state index is -0.176. The zero-order valence-electron chi connectivity index (χ0n) is 23.9. The van der Waals surface area contributed by atoms with Crippen LogP contribution in [0.25, 0.3) is 17.0 Å². The SMILES string of the molecule is CCNC(=O)NC/C(C)=C(/C=C(\C)CC(C)C)c1ccc(Cn2c(-c3ccccc3)nc(OC)c2C=O)cc1. The number of nitrogens with zero attached hydrogens (tertiary/aromatic N) is 2. The highest BCUT2D eigenvalue weighted by Gasteiger charge is 2.19. The lowest BCUT2D eigenvalue weighted by Gasteiger charge is -2.15. The topological polar surface area (TPSA) is 85.2 Å². The van der Waals surface area contributed by atoms with E-state index in [1.54, 1.807) is 0 Å². The molecular formula is C32H40N4O3. The van der Waals surface area contributed by atoms with E-state index >= 15 is 0 Å². The Morgan fingerprint density at radius 3 is 2.33 bits per heavy atom. The van der Waals surface area contributed by atoms with Crippen molar-refractivity contribution >= 4 is 17.9 Å². The molecule has 2 amide bonds. The Kier molecular flexibility index (Phi) is 10.7. The molecule has 3 aromatic rings. The summed E-state index contributed by atoms with van der Waals surface area (Å²) in [5.74, 6) is 1.54. The first-order chi connectivity index (χ1) is 18.8. The Morgan fingerprint density at radius 2 is 1.74 bits per heavy atom. The van der Waals surface area contributed by atoms with Crippen LogP contribution < -0.4 is 15.4 Å². The average Bonchev–Trinajstić information content (AvgIpc) is 3.28. The van der Waals surface area contributed by atoms with Gasteiger partial charge in [-0.2, -0.15) is 4.98 Å². The molecule has 206 valence electrons. The van der Waals surface area contributed by atoms with Gasteiger partial charge in [0.2, 0.25) is 5.88 Å². The van der Waals surface area contributed by atoms with Crippen molar-refractivity contribution in [1.82, 2.24) is 20.2 Å². The van der Waals surface area contributed by atoms with E-state index in [-0.39, 0.29) is 6.03 Å². The number of benzene rings is 2. The van der Waals surface area contributed by atoms with Crippen molar-refractivity contribution in [2.75, 3.05) is 20.2 Å². The second kappa shape index (κ2) is 14.1. The number of methoxy groups -OCH3 is 1. The molecule has 0 aliphatic heterocycles. The lowest BCUT2D eigenvalue weighted by atomic mass is 9.95. The van der Waals surface area contributed by atoms with E-state index in [0.717, 1.165) is 40.5 Å². The summed E-state index contributed by atoms with van der Waals surface area (Å²) in [7, 11) is 1.52. The number of carbonyl (C=O) groups excluding carboxylic acids is 2. The number of allylic oxidation sites excluding steroid dienone is 3. The van der Waals surface area contributed by atoms with Crippen molar-refractivity contribution in [3.8, 4) is 17.3 Å². The van der Waals surface area contributed by atoms with Gasteiger partial charge >= 0.3 is 6.03 Å². The molecule has 2 aromatic carbocycles. The average molecular weight is 529 g/mol. The number of imidazole rings is 1.